The number of rotatable bonds is 8. The van der Waals surface area contributed by atoms with Gasteiger partial charge in [0, 0.05) is 59.6 Å². The van der Waals surface area contributed by atoms with Gasteiger partial charge in [-0.05, 0) is 80.1 Å². The summed E-state index contributed by atoms with van der Waals surface area (Å²) in [5.41, 5.74) is 9.84. The SMILES string of the molecule is C=c1/c(=C(/N)N=CC)c(-c2ccc(Oc3ccccc3)cc2)cn1C1CCC(NCc2ccncc2)CC1. The summed E-state index contributed by atoms with van der Waals surface area (Å²) in [5, 5.41) is 5.53. The molecule has 2 aromatic carbocycles. The Balaban J connectivity index is 1.35. The first-order valence-corrected chi connectivity index (χ1v) is 13.3. The lowest BCUT2D eigenvalue weighted by Gasteiger charge is -2.30. The molecule has 2 heterocycles. The van der Waals surface area contributed by atoms with Crippen molar-refractivity contribution in [2.24, 2.45) is 10.7 Å². The molecular formula is C32H35N5O. The fourth-order valence-electron chi connectivity index (χ4n) is 5.25. The molecule has 3 N–H and O–H groups in total. The lowest BCUT2D eigenvalue weighted by atomic mass is 9.91. The standard InChI is InChI=1S/C32H35N5O/c1-3-35-32(33)31-23(2)37(27-13-11-26(12-14-27)36-21-24-17-19-34-20-18-24)22-30(31)25-9-15-29(16-10-25)38-28-7-5-4-6-8-28/h3-10,15-20,22,26-27,36H,2,11-14,21,33H2,1H3/b32-31+,35-3?. The van der Waals surface area contributed by atoms with Gasteiger partial charge in [-0.3, -0.25) is 4.98 Å². The van der Waals surface area contributed by atoms with E-state index in [-0.39, 0.29) is 0 Å². The van der Waals surface area contributed by atoms with Crippen molar-refractivity contribution < 1.29 is 4.74 Å². The predicted octanol–water partition coefficient (Wildman–Crippen LogP) is 5.14. The van der Waals surface area contributed by atoms with Crippen LogP contribution in [0.1, 0.15) is 44.2 Å². The Labute approximate surface area is 224 Å². The Morgan fingerprint density at radius 3 is 2.39 bits per heavy atom. The van der Waals surface area contributed by atoms with E-state index in [4.69, 9.17) is 10.5 Å². The van der Waals surface area contributed by atoms with Crippen molar-refractivity contribution in [2.75, 3.05) is 0 Å². The molecule has 2 aromatic heterocycles. The van der Waals surface area contributed by atoms with E-state index >= 15 is 0 Å². The van der Waals surface area contributed by atoms with Crippen molar-refractivity contribution in [3.63, 3.8) is 0 Å². The highest BCUT2D eigenvalue weighted by atomic mass is 16.5. The van der Waals surface area contributed by atoms with Crippen LogP contribution < -0.4 is 26.4 Å². The molecule has 194 valence electrons. The summed E-state index contributed by atoms with van der Waals surface area (Å²) >= 11 is 0. The zero-order chi connectivity index (χ0) is 26.3. The zero-order valence-electron chi connectivity index (χ0n) is 21.9. The summed E-state index contributed by atoms with van der Waals surface area (Å²) in [7, 11) is 0. The van der Waals surface area contributed by atoms with Gasteiger partial charge in [0.1, 0.15) is 17.3 Å². The molecule has 6 heteroatoms. The average molecular weight is 506 g/mol. The minimum absolute atomic E-state index is 0.382. The fourth-order valence-corrected chi connectivity index (χ4v) is 5.25. The van der Waals surface area contributed by atoms with Crippen molar-refractivity contribution in [2.45, 2.75) is 51.2 Å². The molecule has 5 rings (SSSR count). The predicted molar refractivity (Wildman–Crippen MR) is 155 cm³/mol. The number of nitrogens with zero attached hydrogens (tertiary/aromatic N) is 3. The Kier molecular flexibility index (Phi) is 8.00. The average Bonchev–Trinajstić information content (AvgIpc) is 3.31. The lowest BCUT2D eigenvalue weighted by molar-refractivity contribution is 0.287. The highest BCUT2D eigenvalue weighted by Gasteiger charge is 2.23. The van der Waals surface area contributed by atoms with Crippen molar-refractivity contribution in [1.29, 1.82) is 0 Å². The van der Waals surface area contributed by atoms with Crippen molar-refractivity contribution >= 4 is 18.6 Å². The van der Waals surface area contributed by atoms with Crippen LogP contribution in [0.4, 0.5) is 0 Å². The highest BCUT2D eigenvalue weighted by Crippen LogP contribution is 2.30. The highest BCUT2D eigenvalue weighted by molar-refractivity contribution is 5.70. The largest absolute Gasteiger partial charge is 0.457 e. The molecule has 0 amide bonds. The second-order valence-corrected chi connectivity index (χ2v) is 9.73. The van der Waals surface area contributed by atoms with Crippen LogP contribution in [0, 0.1) is 0 Å². The second kappa shape index (κ2) is 11.9. The topological polar surface area (TPSA) is 77.5 Å². The summed E-state index contributed by atoms with van der Waals surface area (Å²) in [6, 6.07) is 23.0. The molecule has 0 unspecified atom stereocenters. The smallest absolute Gasteiger partial charge is 0.132 e. The van der Waals surface area contributed by atoms with Gasteiger partial charge in [0.05, 0.1) is 0 Å². The van der Waals surface area contributed by atoms with Gasteiger partial charge in [-0.25, -0.2) is 4.99 Å². The Bertz CT molecular complexity index is 1470. The number of nitrogens with one attached hydrogen (secondary N) is 1. The van der Waals surface area contributed by atoms with E-state index in [1.54, 1.807) is 6.21 Å². The van der Waals surface area contributed by atoms with Gasteiger partial charge in [-0.2, -0.15) is 0 Å². The van der Waals surface area contributed by atoms with E-state index in [0.29, 0.717) is 17.9 Å². The number of ether oxygens (including phenoxy) is 1. The normalized spacial score (nSPS) is 18.4. The van der Waals surface area contributed by atoms with Crippen LogP contribution in [0.5, 0.6) is 11.5 Å². The number of aromatic nitrogens is 2. The molecule has 1 aliphatic rings. The summed E-state index contributed by atoms with van der Waals surface area (Å²) in [5.74, 6) is 2.09. The quantitative estimate of drug-likeness (QED) is 0.325. The molecule has 0 radical (unpaired) electrons. The van der Waals surface area contributed by atoms with Crippen LogP contribution in [-0.4, -0.2) is 21.8 Å². The number of hydrogen-bond donors (Lipinski definition) is 2. The van der Waals surface area contributed by atoms with Gasteiger partial charge in [-0.1, -0.05) is 36.9 Å². The summed E-state index contributed by atoms with van der Waals surface area (Å²) in [6.07, 6.45) is 12.0. The molecule has 0 spiro atoms. The third kappa shape index (κ3) is 5.87. The Morgan fingerprint density at radius 1 is 1.03 bits per heavy atom. The summed E-state index contributed by atoms with van der Waals surface area (Å²) in [6.45, 7) is 7.21. The minimum Gasteiger partial charge on any atom is -0.457 e. The molecule has 1 aliphatic carbocycles. The van der Waals surface area contributed by atoms with Crippen LogP contribution in [0.25, 0.3) is 23.5 Å². The molecule has 0 bridgehead atoms. The number of para-hydroxylation sites is 1. The van der Waals surface area contributed by atoms with Crippen LogP contribution in [0.2, 0.25) is 0 Å². The van der Waals surface area contributed by atoms with Gasteiger partial charge in [0.2, 0.25) is 0 Å². The Hall–Kier alpha value is -4.16. The maximum absolute atomic E-state index is 6.46. The number of benzene rings is 2. The number of pyridine rings is 1. The van der Waals surface area contributed by atoms with E-state index in [1.165, 1.54) is 5.56 Å². The van der Waals surface area contributed by atoms with E-state index in [9.17, 15) is 0 Å². The molecule has 4 aromatic rings. The maximum atomic E-state index is 6.46. The van der Waals surface area contributed by atoms with Gasteiger partial charge < -0.3 is 20.4 Å². The molecular weight excluding hydrogens is 470 g/mol. The van der Waals surface area contributed by atoms with Crippen molar-refractivity contribution in [3.05, 3.63) is 101 Å². The van der Waals surface area contributed by atoms with E-state index in [2.05, 4.69) is 56.9 Å². The third-order valence-corrected chi connectivity index (χ3v) is 7.24. The summed E-state index contributed by atoms with van der Waals surface area (Å²) in [4.78, 5) is 8.52. The van der Waals surface area contributed by atoms with Crippen molar-refractivity contribution in [3.8, 4) is 22.6 Å². The van der Waals surface area contributed by atoms with Crippen LogP contribution in [0.15, 0.2) is 90.3 Å². The first-order valence-electron chi connectivity index (χ1n) is 13.3. The second-order valence-electron chi connectivity index (χ2n) is 9.73. The Morgan fingerprint density at radius 2 is 1.71 bits per heavy atom. The van der Waals surface area contributed by atoms with Gasteiger partial charge in [-0.15, -0.1) is 0 Å². The maximum Gasteiger partial charge on any atom is 0.132 e. The van der Waals surface area contributed by atoms with E-state index < -0.39 is 0 Å². The van der Waals surface area contributed by atoms with Crippen LogP contribution >= 0.6 is 0 Å². The monoisotopic (exact) mass is 505 g/mol. The number of aliphatic imine (C=N–C) groups is 1. The molecule has 0 saturated heterocycles. The molecule has 1 fully saturated rings. The van der Waals surface area contributed by atoms with Crippen molar-refractivity contribution in [1.82, 2.24) is 14.9 Å². The van der Waals surface area contributed by atoms with E-state index in [1.807, 2.05) is 61.8 Å². The molecule has 0 aliphatic heterocycles. The van der Waals surface area contributed by atoms with Crippen LogP contribution in [0.3, 0.4) is 0 Å². The van der Waals surface area contributed by atoms with Gasteiger partial charge in [0.15, 0.2) is 0 Å². The third-order valence-electron chi connectivity index (χ3n) is 7.24. The zero-order valence-corrected chi connectivity index (χ0v) is 21.9. The first-order chi connectivity index (χ1) is 18.6. The molecule has 0 atom stereocenters. The molecule has 38 heavy (non-hydrogen) atoms. The molecule has 6 nitrogen and oxygen atoms in total. The van der Waals surface area contributed by atoms with E-state index in [0.717, 1.165) is 65.4 Å². The van der Waals surface area contributed by atoms with Gasteiger partial charge in [0.25, 0.3) is 0 Å². The minimum atomic E-state index is 0.382. The van der Waals surface area contributed by atoms with Crippen LogP contribution in [-0.2, 0) is 6.54 Å². The fraction of sp³-hybridized carbons (Fsp3) is 0.250. The lowest BCUT2D eigenvalue weighted by Crippen LogP contribution is -2.37. The van der Waals surface area contributed by atoms with Gasteiger partial charge >= 0.3 is 0 Å². The molecule has 1 saturated carbocycles. The number of nitrogens with two attached hydrogens (primary N) is 1. The first kappa shape index (κ1) is 25.5. The summed E-state index contributed by atoms with van der Waals surface area (Å²) < 4.78 is 8.30. The number of hydrogen-bond acceptors (Lipinski definition) is 5.